The summed E-state index contributed by atoms with van der Waals surface area (Å²) in [5.41, 5.74) is 2.98. The summed E-state index contributed by atoms with van der Waals surface area (Å²) in [6, 6.07) is 13.6. The molecule has 1 unspecified atom stereocenters. The van der Waals surface area contributed by atoms with Gasteiger partial charge in [0.05, 0.1) is 3.79 Å². The molecule has 1 aliphatic heterocycles. The maximum Gasteiger partial charge on any atom is 0.0701 e. The quantitative estimate of drug-likeness (QED) is 0.886. The predicted molar refractivity (Wildman–Crippen MR) is 76.6 cm³/mol. The topological polar surface area (TPSA) is 12.0 Å². The van der Waals surface area contributed by atoms with Crippen LogP contribution in [0.1, 0.15) is 22.0 Å². The van der Waals surface area contributed by atoms with Gasteiger partial charge in [0.1, 0.15) is 0 Å². The van der Waals surface area contributed by atoms with Crippen LogP contribution in [0, 0.1) is 0 Å². The third-order valence-corrected chi connectivity index (χ3v) is 4.90. The summed E-state index contributed by atoms with van der Waals surface area (Å²) in [4.78, 5) is 1.44. The zero-order chi connectivity index (χ0) is 11.7. The summed E-state index contributed by atoms with van der Waals surface area (Å²) in [6.45, 7) is 1.09. The first-order valence-corrected chi connectivity index (χ1v) is 7.49. The second kappa shape index (κ2) is 4.92. The zero-order valence-corrected chi connectivity index (χ0v) is 11.9. The molecule has 3 heteroatoms. The molecular formula is C14H14BrNS. The average molecular weight is 308 g/mol. The minimum Gasteiger partial charge on any atom is -0.309 e. The van der Waals surface area contributed by atoms with Crippen molar-refractivity contribution < 1.29 is 0 Å². The molecule has 1 N–H and O–H groups in total. The first kappa shape index (κ1) is 11.5. The van der Waals surface area contributed by atoms with Crippen LogP contribution in [-0.2, 0) is 12.8 Å². The van der Waals surface area contributed by atoms with Crippen molar-refractivity contribution in [1.29, 1.82) is 0 Å². The molecule has 0 fully saturated rings. The van der Waals surface area contributed by atoms with Crippen LogP contribution in [0.4, 0.5) is 0 Å². The molecule has 1 aliphatic rings. The Hall–Kier alpha value is -0.640. The molecular weight excluding hydrogens is 294 g/mol. The van der Waals surface area contributed by atoms with Crippen LogP contribution < -0.4 is 5.32 Å². The number of halogens is 1. The Kier molecular flexibility index (Phi) is 3.32. The van der Waals surface area contributed by atoms with Gasteiger partial charge in [0.25, 0.3) is 0 Å². The fourth-order valence-electron chi connectivity index (χ4n) is 2.44. The molecule has 0 bridgehead atoms. The fraction of sp³-hybridized carbons (Fsp3) is 0.286. The third kappa shape index (κ3) is 2.46. The van der Waals surface area contributed by atoms with E-state index in [2.05, 4.69) is 57.6 Å². The Morgan fingerprint density at radius 2 is 2.12 bits per heavy atom. The molecule has 1 nitrogen and oxygen atoms in total. The van der Waals surface area contributed by atoms with E-state index in [4.69, 9.17) is 0 Å². The van der Waals surface area contributed by atoms with E-state index in [1.54, 1.807) is 0 Å². The summed E-state index contributed by atoms with van der Waals surface area (Å²) in [7, 11) is 0. The number of nitrogens with one attached hydrogen (secondary N) is 1. The van der Waals surface area contributed by atoms with Gasteiger partial charge in [-0.15, -0.1) is 11.3 Å². The van der Waals surface area contributed by atoms with Crippen molar-refractivity contribution in [3.63, 3.8) is 0 Å². The van der Waals surface area contributed by atoms with Gasteiger partial charge in [0, 0.05) is 17.3 Å². The highest BCUT2D eigenvalue weighted by Crippen LogP contribution is 2.29. The van der Waals surface area contributed by atoms with Crippen molar-refractivity contribution in [3.8, 4) is 0 Å². The third-order valence-electron chi connectivity index (χ3n) is 3.25. The van der Waals surface area contributed by atoms with Crippen LogP contribution in [0.15, 0.2) is 40.2 Å². The maximum absolute atomic E-state index is 3.62. The largest absolute Gasteiger partial charge is 0.309 e. The van der Waals surface area contributed by atoms with E-state index < -0.39 is 0 Å². The van der Waals surface area contributed by atoms with Gasteiger partial charge in [0.15, 0.2) is 0 Å². The number of rotatable bonds is 2. The molecule has 17 heavy (non-hydrogen) atoms. The average Bonchev–Trinajstić information content (AvgIpc) is 2.75. The molecule has 88 valence electrons. The van der Waals surface area contributed by atoms with Gasteiger partial charge in [-0.25, -0.2) is 0 Å². The lowest BCUT2D eigenvalue weighted by atomic mass is 9.92. The van der Waals surface area contributed by atoms with E-state index >= 15 is 0 Å². The number of hydrogen-bond acceptors (Lipinski definition) is 2. The summed E-state index contributed by atoms with van der Waals surface area (Å²) >= 11 is 5.36. The highest BCUT2D eigenvalue weighted by Gasteiger charge is 2.19. The van der Waals surface area contributed by atoms with Gasteiger partial charge in [-0.2, -0.15) is 0 Å². The second-order valence-electron chi connectivity index (χ2n) is 4.37. The molecule has 1 aromatic heterocycles. The van der Waals surface area contributed by atoms with Crippen molar-refractivity contribution >= 4 is 27.3 Å². The van der Waals surface area contributed by atoms with Crippen molar-refractivity contribution in [2.45, 2.75) is 18.9 Å². The Labute approximate surface area is 114 Å². The minimum absolute atomic E-state index is 0.477. The van der Waals surface area contributed by atoms with Crippen molar-refractivity contribution in [1.82, 2.24) is 5.32 Å². The number of fused-ring (bicyclic) bond motifs is 1. The Bertz CT molecular complexity index is 520. The Morgan fingerprint density at radius 1 is 1.24 bits per heavy atom. The van der Waals surface area contributed by atoms with Crippen molar-refractivity contribution in [2.75, 3.05) is 6.54 Å². The summed E-state index contributed by atoms with van der Waals surface area (Å²) in [5.74, 6) is 0. The van der Waals surface area contributed by atoms with Gasteiger partial charge >= 0.3 is 0 Å². The number of hydrogen-bond donors (Lipinski definition) is 1. The van der Waals surface area contributed by atoms with Crippen LogP contribution in [0.2, 0.25) is 0 Å². The van der Waals surface area contributed by atoms with E-state index in [-0.39, 0.29) is 0 Å². The molecule has 0 amide bonds. The molecule has 0 saturated heterocycles. The van der Waals surface area contributed by atoms with Gasteiger partial charge in [0.2, 0.25) is 0 Å². The Balaban J connectivity index is 1.85. The Morgan fingerprint density at radius 3 is 2.94 bits per heavy atom. The molecule has 1 atom stereocenters. The molecule has 1 aromatic carbocycles. The van der Waals surface area contributed by atoms with Crippen molar-refractivity contribution in [3.05, 3.63) is 56.2 Å². The van der Waals surface area contributed by atoms with E-state index in [0.29, 0.717) is 6.04 Å². The van der Waals surface area contributed by atoms with Crippen LogP contribution >= 0.6 is 27.3 Å². The highest BCUT2D eigenvalue weighted by molar-refractivity contribution is 9.11. The molecule has 0 radical (unpaired) electrons. The first-order chi connectivity index (χ1) is 8.33. The summed E-state index contributed by atoms with van der Waals surface area (Å²) < 4.78 is 1.22. The first-order valence-electron chi connectivity index (χ1n) is 5.88. The minimum atomic E-state index is 0.477. The summed E-state index contributed by atoms with van der Waals surface area (Å²) in [6.07, 6.45) is 2.24. The lowest BCUT2D eigenvalue weighted by Gasteiger charge is -2.26. The van der Waals surface area contributed by atoms with Crippen molar-refractivity contribution in [2.24, 2.45) is 0 Å². The fourth-order valence-corrected chi connectivity index (χ4v) is 3.97. The SMILES string of the molecule is Brc1ccc(CC2NCCc3ccccc32)s1. The molecule has 2 heterocycles. The highest BCUT2D eigenvalue weighted by atomic mass is 79.9. The van der Waals surface area contributed by atoms with Gasteiger partial charge < -0.3 is 5.32 Å². The van der Waals surface area contributed by atoms with Crippen LogP contribution in [-0.4, -0.2) is 6.54 Å². The number of benzene rings is 1. The summed E-state index contributed by atoms with van der Waals surface area (Å²) in [5, 5.41) is 3.62. The smallest absolute Gasteiger partial charge is 0.0701 e. The van der Waals surface area contributed by atoms with E-state index in [0.717, 1.165) is 19.4 Å². The van der Waals surface area contributed by atoms with Gasteiger partial charge in [-0.3, -0.25) is 0 Å². The number of thiophene rings is 1. The standard InChI is InChI=1S/C14H14BrNS/c15-14-6-5-11(17-14)9-13-12-4-2-1-3-10(12)7-8-16-13/h1-6,13,16H,7-9H2. The van der Waals surface area contributed by atoms with Crippen LogP contribution in [0.25, 0.3) is 0 Å². The normalized spacial score (nSPS) is 19.0. The molecule has 2 aromatic rings. The van der Waals surface area contributed by atoms with E-state index in [9.17, 15) is 0 Å². The van der Waals surface area contributed by atoms with Gasteiger partial charge in [-0.05, 0) is 52.2 Å². The van der Waals surface area contributed by atoms with Crippen LogP contribution in [0.3, 0.4) is 0 Å². The maximum atomic E-state index is 3.62. The molecule has 0 saturated carbocycles. The van der Waals surface area contributed by atoms with Gasteiger partial charge in [-0.1, -0.05) is 24.3 Å². The zero-order valence-electron chi connectivity index (χ0n) is 9.45. The second-order valence-corrected chi connectivity index (χ2v) is 6.91. The predicted octanol–water partition coefficient (Wildman–Crippen LogP) is 3.94. The molecule has 0 aliphatic carbocycles. The monoisotopic (exact) mass is 307 g/mol. The van der Waals surface area contributed by atoms with E-state index in [1.165, 1.54) is 19.8 Å². The molecule has 3 rings (SSSR count). The lowest BCUT2D eigenvalue weighted by molar-refractivity contribution is 0.505. The lowest BCUT2D eigenvalue weighted by Crippen LogP contribution is -2.30. The molecule has 0 spiro atoms. The van der Waals surface area contributed by atoms with E-state index in [1.807, 2.05) is 11.3 Å². The van der Waals surface area contributed by atoms with Crippen LogP contribution in [0.5, 0.6) is 0 Å².